The van der Waals surface area contributed by atoms with Crippen molar-refractivity contribution in [3.63, 3.8) is 0 Å². The second-order valence-corrected chi connectivity index (χ2v) is 6.59. The van der Waals surface area contributed by atoms with E-state index < -0.39 is 0 Å². The maximum absolute atomic E-state index is 3.57. The van der Waals surface area contributed by atoms with Gasteiger partial charge in [-0.25, -0.2) is 0 Å². The largest absolute Gasteiger partial charge is 0.315 e. The summed E-state index contributed by atoms with van der Waals surface area (Å²) in [5.74, 6) is 0.915. The predicted octanol–water partition coefficient (Wildman–Crippen LogP) is 2.18. The van der Waals surface area contributed by atoms with Gasteiger partial charge in [0, 0.05) is 25.2 Å². The maximum Gasteiger partial charge on any atom is 0.0223 e. The molecule has 1 aliphatic heterocycles. The number of rotatable bonds is 7. The highest BCUT2D eigenvalue weighted by atomic mass is 15.2. The van der Waals surface area contributed by atoms with Crippen LogP contribution in [0.3, 0.4) is 0 Å². The third-order valence-corrected chi connectivity index (χ3v) is 5.28. The van der Waals surface area contributed by atoms with Gasteiger partial charge in [0.05, 0.1) is 0 Å². The third-order valence-electron chi connectivity index (χ3n) is 5.28. The van der Waals surface area contributed by atoms with Crippen LogP contribution in [0.5, 0.6) is 0 Å². The van der Waals surface area contributed by atoms with Crippen molar-refractivity contribution >= 4 is 0 Å². The lowest BCUT2D eigenvalue weighted by Gasteiger charge is -2.32. The van der Waals surface area contributed by atoms with Gasteiger partial charge < -0.3 is 10.2 Å². The zero-order valence-corrected chi connectivity index (χ0v) is 13.2. The normalized spacial score (nSPS) is 27.5. The summed E-state index contributed by atoms with van der Waals surface area (Å²) in [6, 6.07) is 1.50. The van der Waals surface area contributed by atoms with Crippen molar-refractivity contribution in [2.75, 3.05) is 40.3 Å². The van der Waals surface area contributed by atoms with Gasteiger partial charge in [0.15, 0.2) is 0 Å². The molecule has 2 unspecified atom stereocenters. The van der Waals surface area contributed by atoms with Crippen molar-refractivity contribution in [3.05, 3.63) is 0 Å². The Hall–Kier alpha value is -0.120. The van der Waals surface area contributed by atoms with Crippen LogP contribution in [0.1, 0.15) is 45.4 Å². The fourth-order valence-electron chi connectivity index (χ4n) is 4.12. The van der Waals surface area contributed by atoms with E-state index in [4.69, 9.17) is 0 Å². The van der Waals surface area contributed by atoms with Gasteiger partial charge in [-0.05, 0) is 58.8 Å². The first-order valence-corrected chi connectivity index (χ1v) is 8.34. The summed E-state index contributed by atoms with van der Waals surface area (Å²) < 4.78 is 0. The minimum Gasteiger partial charge on any atom is -0.315 e. The molecular weight excluding hydrogens is 234 g/mol. The molecule has 0 bridgehead atoms. The molecule has 19 heavy (non-hydrogen) atoms. The molecule has 1 saturated heterocycles. The first-order chi connectivity index (χ1) is 9.24. The predicted molar refractivity (Wildman–Crippen MR) is 82.6 cm³/mol. The highest BCUT2D eigenvalue weighted by Gasteiger charge is 2.27. The van der Waals surface area contributed by atoms with Crippen LogP contribution in [0.2, 0.25) is 0 Å². The number of likely N-dealkylation sites (N-methyl/N-ethyl adjacent to an activating group) is 3. The van der Waals surface area contributed by atoms with E-state index in [1.165, 1.54) is 64.7 Å². The van der Waals surface area contributed by atoms with E-state index >= 15 is 0 Å². The Labute approximate surface area is 119 Å². The topological polar surface area (TPSA) is 18.5 Å². The van der Waals surface area contributed by atoms with Crippen LogP contribution in [0.25, 0.3) is 0 Å². The highest BCUT2D eigenvalue weighted by Crippen LogP contribution is 2.28. The Morgan fingerprint density at radius 1 is 1.21 bits per heavy atom. The van der Waals surface area contributed by atoms with Crippen molar-refractivity contribution in [1.29, 1.82) is 0 Å². The molecule has 2 atom stereocenters. The molecule has 0 aromatic rings. The number of hydrogen-bond donors (Lipinski definition) is 1. The number of hydrogen-bond acceptors (Lipinski definition) is 3. The van der Waals surface area contributed by atoms with Crippen molar-refractivity contribution in [2.24, 2.45) is 5.92 Å². The van der Waals surface area contributed by atoms with E-state index in [0.29, 0.717) is 6.04 Å². The van der Waals surface area contributed by atoms with E-state index in [9.17, 15) is 0 Å². The van der Waals surface area contributed by atoms with Gasteiger partial charge in [0.25, 0.3) is 0 Å². The lowest BCUT2D eigenvalue weighted by Crippen LogP contribution is -2.46. The first kappa shape index (κ1) is 15.3. The number of likely N-dealkylation sites (tertiary alicyclic amines) is 1. The van der Waals surface area contributed by atoms with E-state index in [2.05, 4.69) is 36.1 Å². The summed E-state index contributed by atoms with van der Waals surface area (Å²) in [5, 5.41) is 3.57. The monoisotopic (exact) mass is 267 g/mol. The summed E-state index contributed by atoms with van der Waals surface area (Å²) in [4.78, 5) is 5.22. The molecule has 2 rings (SSSR count). The number of nitrogens with one attached hydrogen (secondary N) is 1. The molecule has 1 N–H and O–H groups in total. The Morgan fingerprint density at radius 3 is 2.58 bits per heavy atom. The third kappa shape index (κ3) is 4.17. The Kier molecular flexibility index (Phi) is 6.11. The molecule has 0 radical (unpaired) electrons. The van der Waals surface area contributed by atoms with Gasteiger partial charge in [0.1, 0.15) is 0 Å². The molecule has 3 nitrogen and oxygen atoms in total. The molecular formula is C16H33N3. The lowest BCUT2D eigenvalue weighted by atomic mass is 9.97. The molecule has 0 amide bonds. The Morgan fingerprint density at radius 2 is 1.95 bits per heavy atom. The minimum absolute atomic E-state index is 0.698. The summed E-state index contributed by atoms with van der Waals surface area (Å²) in [7, 11) is 4.45. The lowest BCUT2D eigenvalue weighted by molar-refractivity contribution is 0.177. The quantitative estimate of drug-likeness (QED) is 0.763. The molecule has 0 aromatic heterocycles. The molecule has 3 heteroatoms. The van der Waals surface area contributed by atoms with Crippen molar-refractivity contribution < 1.29 is 0 Å². The summed E-state index contributed by atoms with van der Waals surface area (Å²) in [6.07, 6.45) is 8.54. The Bertz CT molecular complexity index is 250. The molecule has 2 fully saturated rings. The van der Waals surface area contributed by atoms with Crippen molar-refractivity contribution in [1.82, 2.24) is 15.1 Å². The first-order valence-electron chi connectivity index (χ1n) is 8.34. The van der Waals surface area contributed by atoms with Gasteiger partial charge in [-0.2, -0.15) is 0 Å². The fraction of sp³-hybridized carbons (Fsp3) is 1.00. The average Bonchev–Trinajstić information content (AvgIpc) is 3.06. The zero-order chi connectivity index (χ0) is 13.7. The van der Waals surface area contributed by atoms with E-state index in [0.717, 1.165) is 12.0 Å². The highest BCUT2D eigenvalue weighted by molar-refractivity contribution is 4.85. The second kappa shape index (κ2) is 7.61. The minimum atomic E-state index is 0.698. The van der Waals surface area contributed by atoms with Crippen molar-refractivity contribution in [3.8, 4) is 0 Å². The summed E-state index contributed by atoms with van der Waals surface area (Å²) in [5.41, 5.74) is 0. The smallest absolute Gasteiger partial charge is 0.0223 e. The average molecular weight is 267 g/mol. The number of nitrogens with zero attached hydrogens (tertiary/aromatic N) is 2. The molecule has 1 saturated carbocycles. The summed E-state index contributed by atoms with van der Waals surface area (Å²) in [6.45, 7) is 7.30. The van der Waals surface area contributed by atoms with Gasteiger partial charge in [-0.1, -0.05) is 19.8 Å². The molecule has 112 valence electrons. The fourth-order valence-corrected chi connectivity index (χ4v) is 4.12. The van der Waals surface area contributed by atoms with E-state index in [-0.39, 0.29) is 0 Å². The molecule has 2 aliphatic rings. The summed E-state index contributed by atoms with van der Waals surface area (Å²) >= 11 is 0. The van der Waals surface area contributed by atoms with Crippen LogP contribution in [0.15, 0.2) is 0 Å². The van der Waals surface area contributed by atoms with Gasteiger partial charge in [0.2, 0.25) is 0 Å². The molecule has 1 heterocycles. The van der Waals surface area contributed by atoms with Crippen LogP contribution in [-0.4, -0.2) is 62.2 Å². The van der Waals surface area contributed by atoms with Gasteiger partial charge >= 0.3 is 0 Å². The standard InChI is InChI=1S/C16H33N3/c1-4-19-11-7-10-15(19)12-18(3)13-16(17-2)14-8-5-6-9-14/h14-17H,4-13H2,1-3H3. The van der Waals surface area contributed by atoms with Crippen LogP contribution in [0.4, 0.5) is 0 Å². The van der Waals surface area contributed by atoms with E-state index in [1.807, 2.05) is 0 Å². The SMILES string of the molecule is CCN1CCCC1CN(C)CC(NC)C1CCCC1. The van der Waals surface area contributed by atoms with Crippen LogP contribution < -0.4 is 5.32 Å². The molecule has 0 aromatic carbocycles. The van der Waals surface area contributed by atoms with Crippen molar-refractivity contribution in [2.45, 2.75) is 57.5 Å². The molecule has 0 spiro atoms. The Balaban J connectivity index is 1.77. The van der Waals surface area contributed by atoms with Crippen LogP contribution in [-0.2, 0) is 0 Å². The van der Waals surface area contributed by atoms with Crippen LogP contribution in [0, 0.1) is 5.92 Å². The van der Waals surface area contributed by atoms with Gasteiger partial charge in [-0.3, -0.25) is 4.90 Å². The maximum atomic E-state index is 3.57. The second-order valence-electron chi connectivity index (χ2n) is 6.59. The van der Waals surface area contributed by atoms with Crippen LogP contribution >= 0.6 is 0 Å². The molecule has 1 aliphatic carbocycles. The zero-order valence-electron chi connectivity index (χ0n) is 13.2. The van der Waals surface area contributed by atoms with E-state index in [1.54, 1.807) is 0 Å². The van der Waals surface area contributed by atoms with Gasteiger partial charge in [-0.15, -0.1) is 0 Å².